The fraction of sp³-hybridized carbons (Fsp3) is 0.542. The second kappa shape index (κ2) is 14.7. The van der Waals surface area contributed by atoms with Crippen molar-refractivity contribution in [3.05, 3.63) is 53.4 Å². The quantitative estimate of drug-likeness (QED) is 0.390. The Morgan fingerprint density at radius 2 is 1.86 bits per heavy atom. The van der Waals surface area contributed by atoms with Crippen molar-refractivity contribution in [2.75, 3.05) is 31.5 Å². The fourth-order valence-corrected chi connectivity index (χ4v) is 3.31. The summed E-state index contributed by atoms with van der Waals surface area (Å²) in [7, 11) is 0. The summed E-state index contributed by atoms with van der Waals surface area (Å²) in [6, 6.07) is 8.60. The smallest absolute Gasteiger partial charge is 0.0856 e. The number of aliphatic imine (C=N–C) groups is 1. The first-order valence-corrected chi connectivity index (χ1v) is 11.0. The number of allylic oxidation sites excluding steroid dienone is 2. The van der Waals surface area contributed by atoms with Crippen molar-refractivity contribution in [1.29, 1.82) is 0 Å². The molecule has 5 heteroatoms. The Bertz CT molecular complexity index is 646. The molecule has 5 N–H and O–H groups in total. The average Bonchev–Trinajstić information content (AvgIpc) is 2.73. The number of hydrogen-bond acceptors (Lipinski definition) is 4. The van der Waals surface area contributed by atoms with Gasteiger partial charge in [0.2, 0.25) is 0 Å². The average molecular weight is 400 g/mol. The molecule has 0 aromatic heterocycles. The maximum absolute atomic E-state index is 5.62. The second-order valence-corrected chi connectivity index (χ2v) is 7.52. The van der Waals surface area contributed by atoms with Crippen LogP contribution in [0.4, 0.5) is 5.69 Å². The Morgan fingerprint density at radius 1 is 1.17 bits per heavy atom. The van der Waals surface area contributed by atoms with Crippen LogP contribution in [0.1, 0.15) is 57.9 Å². The van der Waals surface area contributed by atoms with Crippen LogP contribution < -0.4 is 16.8 Å². The van der Waals surface area contributed by atoms with E-state index in [-0.39, 0.29) is 0 Å². The first kappa shape index (κ1) is 24.8. The van der Waals surface area contributed by atoms with Crippen molar-refractivity contribution in [2.45, 2.75) is 59.3 Å². The molecule has 0 fully saturated rings. The van der Waals surface area contributed by atoms with Crippen LogP contribution in [-0.4, -0.2) is 37.4 Å². The first-order valence-electron chi connectivity index (χ1n) is 11.0. The van der Waals surface area contributed by atoms with Gasteiger partial charge in [0.15, 0.2) is 0 Å². The van der Waals surface area contributed by atoms with Crippen LogP contribution in [0.15, 0.2) is 52.8 Å². The van der Waals surface area contributed by atoms with Gasteiger partial charge in [-0.25, -0.2) is 4.99 Å². The largest absolute Gasteiger partial charge is 0.399 e. The zero-order valence-electron chi connectivity index (χ0n) is 18.7. The third-order valence-corrected chi connectivity index (χ3v) is 5.14. The molecule has 0 saturated heterocycles. The van der Waals surface area contributed by atoms with Crippen LogP contribution in [0.5, 0.6) is 0 Å². The van der Waals surface area contributed by atoms with Gasteiger partial charge in [0.05, 0.1) is 6.34 Å². The summed E-state index contributed by atoms with van der Waals surface area (Å²) in [6.07, 6.45) is 8.21. The maximum atomic E-state index is 5.62. The molecule has 162 valence electrons. The number of nitrogens with two attached hydrogens (primary N) is 2. The number of rotatable bonds is 10. The van der Waals surface area contributed by atoms with E-state index in [4.69, 9.17) is 11.5 Å². The molecule has 0 unspecified atom stereocenters. The van der Waals surface area contributed by atoms with Gasteiger partial charge in [0, 0.05) is 30.2 Å². The summed E-state index contributed by atoms with van der Waals surface area (Å²) in [4.78, 5) is 6.58. The topological polar surface area (TPSA) is 79.7 Å². The van der Waals surface area contributed by atoms with Gasteiger partial charge in [0.25, 0.3) is 0 Å². The summed E-state index contributed by atoms with van der Waals surface area (Å²) >= 11 is 0. The highest BCUT2D eigenvalue weighted by Crippen LogP contribution is 2.27. The van der Waals surface area contributed by atoms with E-state index in [1.165, 1.54) is 49.8 Å². The van der Waals surface area contributed by atoms with Crippen molar-refractivity contribution in [3.8, 4) is 0 Å². The molecule has 0 heterocycles. The van der Waals surface area contributed by atoms with E-state index >= 15 is 0 Å². The minimum absolute atomic E-state index is 0.635. The standard InChI is InChI=1S/C15H26N2.C9H15N3/c1-4-6-12-17(5-2)13-11-16-15-9-7-14(3)8-10-15;1-7(11)8-4-2-3-5-9(8)12-6-10/h7-10,16H,4-6,11-13H2,1-3H3;6H,1-5,11H2,(H2,10,12). The zero-order valence-corrected chi connectivity index (χ0v) is 18.7. The van der Waals surface area contributed by atoms with Crippen molar-refractivity contribution in [3.63, 3.8) is 0 Å². The Hall–Kier alpha value is -2.27. The van der Waals surface area contributed by atoms with Crippen molar-refractivity contribution in [1.82, 2.24) is 4.90 Å². The Labute approximate surface area is 178 Å². The predicted octanol–water partition coefficient (Wildman–Crippen LogP) is 4.80. The fourth-order valence-electron chi connectivity index (χ4n) is 3.31. The lowest BCUT2D eigenvalue weighted by Crippen LogP contribution is -2.29. The molecule has 2 rings (SSSR count). The molecule has 5 nitrogen and oxygen atoms in total. The number of benzene rings is 1. The van der Waals surface area contributed by atoms with E-state index in [1.54, 1.807) is 0 Å². The number of unbranched alkanes of at least 4 members (excludes halogenated alkanes) is 1. The second-order valence-electron chi connectivity index (χ2n) is 7.52. The monoisotopic (exact) mass is 399 g/mol. The maximum Gasteiger partial charge on any atom is 0.0856 e. The first-order chi connectivity index (χ1) is 14.0. The number of likely N-dealkylation sites (N-methyl/N-ethyl adjacent to an activating group) is 1. The van der Waals surface area contributed by atoms with Crippen LogP contribution in [-0.2, 0) is 0 Å². The lowest BCUT2D eigenvalue weighted by Gasteiger charge is -2.20. The summed E-state index contributed by atoms with van der Waals surface area (Å²) in [6.45, 7) is 14.9. The number of nitrogens with zero attached hydrogens (tertiary/aromatic N) is 2. The summed E-state index contributed by atoms with van der Waals surface area (Å²) < 4.78 is 0. The molecule has 29 heavy (non-hydrogen) atoms. The molecular weight excluding hydrogens is 358 g/mol. The Balaban J connectivity index is 0.000000308. The molecular formula is C24H41N5. The minimum Gasteiger partial charge on any atom is -0.399 e. The van der Waals surface area contributed by atoms with Gasteiger partial charge in [-0.2, -0.15) is 0 Å². The molecule has 1 aromatic rings. The molecule has 0 spiro atoms. The molecule has 1 aliphatic rings. The third-order valence-electron chi connectivity index (χ3n) is 5.14. The highest BCUT2D eigenvalue weighted by molar-refractivity contribution is 5.54. The molecule has 0 radical (unpaired) electrons. The van der Waals surface area contributed by atoms with Crippen molar-refractivity contribution in [2.24, 2.45) is 16.5 Å². The van der Waals surface area contributed by atoms with E-state index in [1.807, 2.05) is 0 Å². The molecule has 0 aliphatic heterocycles. The van der Waals surface area contributed by atoms with Crippen molar-refractivity contribution >= 4 is 12.0 Å². The summed E-state index contributed by atoms with van der Waals surface area (Å²) in [5.74, 6) is 0. The lowest BCUT2D eigenvalue weighted by atomic mass is 9.95. The van der Waals surface area contributed by atoms with Gasteiger partial charge in [0.1, 0.15) is 0 Å². The van der Waals surface area contributed by atoms with Gasteiger partial charge < -0.3 is 21.7 Å². The molecule has 0 bridgehead atoms. The van der Waals surface area contributed by atoms with Gasteiger partial charge in [-0.1, -0.05) is 44.5 Å². The highest BCUT2D eigenvalue weighted by Gasteiger charge is 2.12. The Kier molecular flexibility index (Phi) is 12.5. The van der Waals surface area contributed by atoms with Crippen LogP contribution >= 0.6 is 0 Å². The van der Waals surface area contributed by atoms with Crippen molar-refractivity contribution < 1.29 is 0 Å². The molecule has 0 amide bonds. The third kappa shape index (κ3) is 10.2. The number of anilines is 1. The van der Waals surface area contributed by atoms with E-state index < -0.39 is 0 Å². The minimum atomic E-state index is 0.635. The van der Waals surface area contributed by atoms with Crippen LogP contribution in [0.25, 0.3) is 0 Å². The zero-order chi connectivity index (χ0) is 21.5. The summed E-state index contributed by atoms with van der Waals surface area (Å²) in [5, 5.41) is 3.47. The molecule has 1 aliphatic carbocycles. The number of aryl methyl sites for hydroxylation is 1. The SMILES string of the molecule is C=C(N)C1=C(N=CN)CCCC1.CCCCN(CC)CCNc1ccc(C)cc1. The van der Waals surface area contributed by atoms with E-state index in [2.05, 4.69) is 66.8 Å². The van der Waals surface area contributed by atoms with Gasteiger partial charge in [-0.15, -0.1) is 0 Å². The van der Waals surface area contributed by atoms with Gasteiger partial charge >= 0.3 is 0 Å². The number of nitrogens with one attached hydrogen (secondary N) is 1. The van der Waals surface area contributed by atoms with Crippen LogP contribution in [0.2, 0.25) is 0 Å². The lowest BCUT2D eigenvalue weighted by molar-refractivity contribution is 0.294. The Morgan fingerprint density at radius 3 is 2.45 bits per heavy atom. The molecule has 0 saturated carbocycles. The van der Waals surface area contributed by atoms with E-state index in [0.29, 0.717) is 5.70 Å². The van der Waals surface area contributed by atoms with E-state index in [0.717, 1.165) is 43.7 Å². The van der Waals surface area contributed by atoms with Gasteiger partial charge in [-0.05, 0) is 69.8 Å². The predicted molar refractivity (Wildman–Crippen MR) is 128 cm³/mol. The molecule has 1 aromatic carbocycles. The van der Waals surface area contributed by atoms with E-state index in [9.17, 15) is 0 Å². The number of hydrogen-bond donors (Lipinski definition) is 3. The van der Waals surface area contributed by atoms with Crippen LogP contribution in [0.3, 0.4) is 0 Å². The van der Waals surface area contributed by atoms with Crippen LogP contribution in [0, 0.1) is 6.92 Å². The molecule has 0 atom stereocenters. The highest BCUT2D eigenvalue weighted by atomic mass is 15.1. The summed E-state index contributed by atoms with van der Waals surface area (Å²) in [5.41, 5.74) is 16.1. The normalized spacial score (nSPS) is 14.1. The van der Waals surface area contributed by atoms with Gasteiger partial charge in [-0.3, -0.25) is 0 Å².